The van der Waals surface area contributed by atoms with E-state index in [0.717, 1.165) is 6.07 Å². The largest absolute Gasteiger partial charge is 0.418 e. The van der Waals surface area contributed by atoms with Gasteiger partial charge in [-0.25, -0.2) is 0 Å². The van der Waals surface area contributed by atoms with Crippen molar-refractivity contribution in [2.24, 2.45) is 11.7 Å². The molecule has 4 N–H and O–H groups in total. The maximum Gasteiger partial charge on any atom is 0.418 e. The third kappa shape index (κ3) is 5.45. The van der Waals surface area contributed by atoms with E-state index in [4.69, 9.17) is 5.73 Å². The molecule has 2 bridgehead atoms. The van der Waals surface area contributed by atoms with Gasteiger partial charge in [0.15, 0.2) is 0 Å². The molecular formula is C29H27F3N4O3. The van der Waals surface area contributed by atoms with E-state index in [0.29, 0.717) is 36.9 Å². The number of benzene rings is 3. The van der Waals surface area contributed by atoms with Crippen molar-refractivity contribution in [2.75, 3.05) is 15.5 Å². The average Bonchev–Trinajstić information content (AvgIpc) is 2.92. The van der Waals surface area contributed by atoms with Crippen LogP contribution in [0.15, 0.2) is 72.8 Å². The van der Waals surface area contributed by atoms with Gasteiger partial charge >= 0.3 is 6.18 Å². The Kier molecular flexibility index (Phi) is 7.03. The first-order chi connectivity index (χ1) is 18.6. The molecule has 6 rings (SSSR count). The molecule has 2 aliphatic heterocycles. The van der Waals surface area contributed by atoms with Gasteiger partial charge in [-0.2, -0.15) is 13.2 Å². The molecule has 1 saturated carbocycles. The van der Waals surface area contributed by atoms with Crippen molar-refractivity contribution in [3.63, 3.8) is 0 Å². The molecule has 39 heavy (non-hydrogen) atoms. The van der Waals surface area contributed by atoms with Crippen LogP contribution in [0, 0.1) is 5.92 Å². The summed E-state index contributed by atoms with van der Waals surface area (Å²) in [4.78, 5) is 39.2. The Bertz CT molecular complexity index is 1400. The number of fused-ring (bicyclic) bond motifs is 3. The number of piperidine rings is 2. The van der Waals surface area contributed by atoms with Crippen molar-refractivity contribution in [3.8, 4) is 0 Å². The summed E-state index contributed by atoms with van der Waals surface area (Å²) in [6.07, 6.45) is -1.99. The molecule has 202 valence electrons. The zero-order valence-corrected chi connectivity index (χ0v) is 20.9. The van der Waals surface area contributed by atoms with Crippen molar-refractivity contribution in [3.05, 3.63) is 89.5 Å². The molecule has 3 aliphatic rings. The van der Waals surface area contributed by atoms with Crippen molar-refractivity contribution < 1.29 is 27.6 Å². The highest BCUT2D eigenvalue weighted by Crippen LogP contribution is 2.44. The fourth-order valence-electron chi connectivity index (χ4n) is 5.41. The van der Waals surface area contributed by atoms with Crippen LogP contribution in [-0.4, -0.2) is 23.8 Å². The predicted octanol–water partition coefficient (Wildman–Crippen LogP) is 5.50. The lowest BCUT2D eigenvalue weighted by Gasteiger charge is -2.45. The van der Waals surface area contributed by atoms with E-state index >= 15 is 0 Å². The second kappa shape index (κ2) is 10.4. The summed E-state index contributed by atoms with van der Waals surface area (Å²) in [5.74, 6) is -1.77. The number of halogens is 3. The van der Waals surface area contributed by atoms with Crippen LogP contribution in [0.1, 0.15) is 53.2 Å². The van der Waals surface area contributed by atoms with Crippen LogP contribution in [-0.2, 0) is 15.8 Å². The van der Waals surface area contributed by atoms with Crippen LogP contribution >= 0.6 is 0 Å². The zero-order valence-electron chi connectivity index (χ0n) is 20.9. The summed E-state index contributed by atoms with van der Waals surface area (Å²) in [7, 11) is 0. The van der Waals surface area contributed by atoms with Gasteiger partial charge in [0.25, 0.3) is 5.91 Å². The van der Waals surface area contributed by atoms with E-state index < -0.39 is 29.6 Å². The van der Waals surface area contributed by atoms with E-state index in [9.17, 15) is 27.6 Å². The smallest absolute Gasteiger partial charge is 0.370 e. The number of rotatable bonds is 7. The average molecular weight is 537 g/mol. The van der Waals surface area contributed by atoms with Gasteiger partial charge in [0.05, 0.1) is 11.3 Å². The highest BCUT2D eigenvalue weighted by Gasteiger charge is 2.44. The molecule has 1 unspecified atom stereocenters. The van der Waals surface area contributed by atoms with E-state index in [1.807, 2.05) is 0 Å². The molecular weight excluding hydrogens is 509 g/mol. The van der Waals surface area contributed by atoms with Gasteiger partial charge in [-0.3, -0.25) is 14.4 Å². The van der Waals surface area contributed by atoms with Crippen LogP contribution in [0.4, 0.5) is 30.2 Å². The van der Waals surface area contributed by atoms with Crippen LogP contribution < -0.4 is 21.3 Å². The maximum absolute atomic E-state index is 14.2. The standard InChI is InChI=1S/C29H27F3N4O3/c30-29(31,32)23-16-21(11-14-24(23)36-22-12-9-18(10-13-22)28(36)39)35-27(38)25(17-5-2-1-3-6-17)34-20-8-4-7-19(15-20)26(33)37/h1-8,11,14-16,18,22,25,34H,9-10,12-13H2,(H2,33,37)(H,35,38). The minimum Gasteiger partial charge on any atom is -0.370 e. The lowest BCUT2D eigenvalue weighted by atomic mass is 9.78. The Morgan fingerprint density at radius 2 is 1.62 bits per heavy atom. The lowest BCUT2D eigenvalue weighted by molar-refractivity contribution is -0.137. The molecule has 3 aromatic rings. The van der Waals surface area contributed by atoms with Gasteiger partial charge in [-0.15, -0.1) is 0 Å². The number of nitrogens with two attached hydrogens (primary N) is 1. The molecule has 1 atom stereocenters. The second-order valence-corrected chi connectivity index (χ2v) is 9.87. The molecule has 0 radical (unpaired) electrons. The molecule has 7 nitrogen and oxygen atoms in total. The SMILES string of the molecule is NC(=O)c1cccc(NC(C(=O)Nc2ccc(N3C(=O)C4CCC3CC4)c(C(F)(F)F)c2)c2ccccc2)c1. The molecule has 3 amide bonds. The summed E-state index contributed by atoms with van der Waals surface area (Å²) in [5, 5.41) is 5.64. The van der Waals surface area contributed by atoms with Crippen LogP contribution in [0.2, 0.25) is 0 Å². The molecule has 2 heterocycles. The van der Waals surface area contributed by atoms with Gasteiger partial charge in [-0.05, 0) is 67.6 Å². The Morgan fingerprint density at radius 3 is 2.26 bits per heavy atom. The zero-order chi connectivity index (χ0) is 27.7. The van der Waals surface area contributed by atoms with Gasteiger partial charge in [-0.1, -0.05) is 36.4 Å². The fraction of sp³-hybridized carbons (Fsp3) is 0.276. The van der Waals surface area contributed by atoms with Gasteiger partial charge in [0.1, 0.15) is 6.04 Å². The molecule has 3 fully saturated rings. The number of nitrogens with zero attached hydrogens (tertiary/aromatic N) is 1. The summed E-state index contributed by atoms with van der Waals surface area (Å²) in [5.41, 5.74) is 5.38. The first-order valence-electron chi connectivity index (χ1n) is 12.7. The minimum atomic E-state index is -4.74. The summed E-state index contributed by atoms with van der Waals surface area (Å²) in [6.45, 7) is 0. The van der Waals surface area contributed by atoms with Crippen LogP contribution in [0.5, 0.6) is 0 Å². The molecule has 2 saturated heterocycles. The number of carbonyl (C=O) groups excluding carboxylic acids is 3. The second-order valence-electron chi connectivity index (χ2n) is 9.87. The third-order valence-corrected chi connectivity index (χ3v) is 7.33. The quantitative estimate of drug-likeness (QED) is 0.371. The summed E-state index contributed by atoms with van der Waals surface area (Å²) in [6, 6.07) is 17.2. The first kappa shape index (κ1) is 26.3. The number of hydrogen-bond donors (Lipinski definition) is 3. The predicted molar refractivity (Wildman–Crippen MR) is 141 cm³/mol. The Balaban J connectivity index is 1.45. The summed E-state index contributed by atoms with van der Waals surface area (Å²) >= 11 is 0. The third-order valence-electron chi connectivity index (χ3n) is 7.33. The molecule has 0 aromatic heterocycles. The van der Waals surface area contributed by atoms with E-state index in [1.165, 1.54) is 29.2 Å². The number of carbonyl (C=O) groups is 3. The molecule has 10 heteroatoms. The van der Waals surface area contributed by atoms with Crippen molar-refractivity contribution in [1.29, 1.82) is 0 Å². The van der Waals surface area contributed by atoms with E-state index in [1.54, 1.807) is 42.5 Å². The highest BCUT2D eigenvalue weighted by atomic mass is 19.4. The number of anilines is 3. The topological polar surface area (TPSA) is 105 Å². The first-order valence-corrected chi connectivity index (χ1v) is 12.7. The number of primary amides is 1. The summed E-state index contributed by atoms with van der Waals surface area (Å²) < 4.78 is 42.6. The molecule has 3 aromatic carbocycles. The number of alkyl halides is 3. The van der Waals surface area contributed by atoms with Crippen molar-refractivity contribution in [1.82, 2.24) is 0 Å². The van der Waals surface area contributed by atoms with Gasteiger partial charge in [0.2, 0.25) is 11.8 Å². The van der Waals surface area contributed by atoms with Crippen LogP contribution in [0.3, 0.4) is 0 Å². The fourth-order valence-corrected chi connectivity index (χ4v) is 5.41. The molecule has 0 spiro atoms. The highest BCUT2D eigenvalue weighted by molar-refractivity contribution is 6.00. The number of hydrogen-bond acceptors (Lipinski definition) is 4. The molecule has 1 aliphatic carbocycles. The monoisotopic (exact) mass is 536 g/mol. The minimum absolute atomic E-state index is 0.0562. The van der Waals surface area contributed by atoms with E-state index in [-0.39, 0.29) is 34.8 Å². The van der Waals surface area contributed by atoms with Gasteiger partial charge < -0.3 is 21.3 Å². The van der Waals surface area contributed by atoms with E-state index in [2.05, 4.69) is 10.6 Å². The lowest BCUT2D eigenvalue weighted by Crippen LogP contribution is -2.53. The van der Waals surface area contributed by atoms with Crippen molar-refractivity contribution in [2.45, 2.75) is 43.9 Å². The Morgan fingerprint density at radius 1 is 0.897 bits per heavy atom. The Labute approximate surface area is 223 Å². The normalized spacial score (nSPS) is 19.5. The Hall–Kier alpha value is -4.34. The number of amides is 3. The number of nitrogens with one attached hydrogen (secondary N) is 2. The van der Waals surface area contributed by atoms with Crippen molar-refractivity contribution >= 4 is 34.8 Å². The maximum atomic E-state index is 14.2. The van der Waals surface area contributed by atoms with Crippen LogP contribution in [0.25, 0.3) is 0 Å². The van der Waals surface area contributed by atoms with Gasteiger partial charge in [0, 0.05) is 28.9 Å².